The van der Waals surface area contributed by atoms with Gasteiger partial charge < -0.3 is 15.2 Å². The van der Waals surface area contributed by atoms with Gasteiger partial charge in [-0.2, -0.15) is 0 Å². The zero-order chi connectivity index (χ0) is 11.4. The van der Waals surface area contributed by atoms with Crippen molar-refractivity contribution in [3.8, 4) is 5.75 Å². The third-order valence-electron chi connectivity index (χ3n) is 1.56. The fraction of sp³-hybridized carbons (Fsp3) is 0.222. The molecule has 0 fully saturated rings. The monoisotopic (exact) mass is 210 g/mol. The topological polar surface area (TPSA) is 88.5 Å². The van der Waals surface area contributed by atoms with E-state index in [2.05, 4.69) is 15.0 Å². The zero-order valence-corrected chi connectivity index (χ0v) is 8.27. The highest BCUT2D eigenvalue weighted by Gasteiger charge is 2.14. The number of hydrogen-bond donors (Lipinski definition) is 2. The normalized spacial score (nSPS) is 9.47. The van der Waals surface area contributed by atoms with Gasteiger partial charge in [-0.3, -0.25) is 4.79 Å². The summed E-state index contributed by atoms with van der Waals surface area (Å²) in [5, 5.41) is 11.7. The lowest BCUT2D eigenvalue weighted by molar-refractivity contribution is -0.114. The van der Waals surface area contributed by atoms with Crippen LogP contribution in [0.15, 0.2) is 12.1 Å². The van der Waals surface area contributed by atoms with Gasteiger partial charge in [-0.25, -0.2) is 9.78 Å². The van der Waals surface area contributed by atoms with Crippen LogP contribution < -0.4 is 5.32 Å². The van der Waals surface area contributed by atoms with Crippen LogP contribution in [0.3, 0.4) is 0 Å². The number of pyridine rings is 1. The first-order valence-electron chi connectivity index (χ1n) is 4.10. The summed E-state index contributed by atoms with van der Waals surface area (Å²) >= 11 is 0. The SMILES string of the molecule is COC(=O)c1nc(NC(C)=O)ccc1O. The first-order chi connectivity index (χ1) is 7.04. The van der Waals surface area contributed by atoms with Crippen LogP contribution in [0.4, 0.5) is 5.82 Å². The second-order valence-corrected chi connectivity index (χ2v) is 2.74. The maximum absolute atomic E-state index is 11.1. The van der Waals surface area contributed by atoms with E-state index in [-0.39, 0.29) is 23.2 Å². The van der Waals surface area contributed by atoms with Crippen LogP contribution in [0.25, 0.3) is 0 Å². The molecule has 0 bridgehead atoms. The number of nitrogens with zero attached hydrogens (tertiary/aromatic N) is 1. The van der Waals surface area contributed by atoms with Gasteiger partial charge in [0.15, 0.2) is 5.69 Å². The van der Waals surface area contributed by atoms with E-state index in [9.17, 15) is 14.7 Å². The number of methoxy groups -OCH3 is 1. The Morgan fingerprint density at radius 2 is 2.13 bits per heavy atom. The molecule has 6 nitrogen and oxygen atoms in total. The number of anilines is 1. The van der Waals surface area contributed by atoms with Crippen LogP contribution in [0.5, 0.6) is 5.75 Å². The van der Waals surface area contributed by atoms with Crippen LogP contribution in [-0.4, -0.2) is 29.1 Å². The number of rotatable bonds is 2. The highest BCUT2D eigenvalue weighted by molar-refractivity contribution is 5.92. The van der Waals surface area contributed by atoms with Gasteiger partial charge in [0.2, 0.25) is 5.91 Å². The molecule has 1 amide bonds. The third-order valence-corrected chi connectivity index (χ3v) is 1.56. The summed E-state index contributed by atoms with van der Waals surface area (Å²) in [4.78, 5) is 25.6. The highest BCUT2D eigenvalue weighted by atomic mass is 16.5. The molecule has 0 aliphatic heterocycles. The summed E-state index contributed by atoms with van der Waals surface area (Å²) in [6.45, 7) is 1.31. The molecular weight excluding hydrogens is 200 g/mol. The maximum Gasteiger partial charge on any atom is 0.360 e. The number of esters is 1. The number of ether oxygens (including phenoxy) is 1. The van der Waals surface area contributed by atoms with Gasteiger partial charge >= 0.3 is 5.97 Å². The van der Waals surface area contributed by atoms with Crippen molar-refractivity contribution in [3.63, 3.8) is 0 Å². The Bertz CT molecular complexity index is 403. The summed E-state index contributed by atoms with van der Waals surface area (Å²) in [5.74, 6) is -1.19. The van der Waals surface area contributed by atoms with Gasteiger partial charge in [0, 0.05) is 6.92 Å². The molecule has 1 heterocycles. The van der Waals surface area contributed by atoms with E-state index in [1.807, 2.05) is 0 Å². The van der Waals surface area contributed by atoms with Crippen molar-refractivity contribution in [2.75, 3.05) is 12.4 Å². The lowest BCUT2D eigenvalue weighted by atomic mass is 10.3. The number of aromatic hydroxyl groups is 1. The first-order valence-corrected chi connectivity index (χ1v) is 4.10. The lowest BCUT2D eigenvalue weighted by Gasteiger charge is -2.05. The number of hydrogen-bond acceptors (Lipinski definition) is 5. The molecule has 1 aromatic rings. The maximum atomic E-state index is 11.1. The summed E-state index contributed by atoms with van der Waals surface area (Å²) < 4.78 is 4.40. The van der Waals surface area contributed by atoms with Crippen molar-refractivity contribution in [2.45, 2.75) is 6.92 Å². The van der Waals surface area contributed by atoms with E-state index < -0.39 is 5.97 Å². The molecular formula is C9H10N2O4. The summed E-state index contributed by atoms with van der Waals surface area (Å²) in [6.07, 6.45) is 0. The van der Waals surface area contributed by atoms with E-state index in [1.54, 1.807) is 0 Å². The van der Waals surface area contributed by atoms with E-state index in [0.29, 0.717) is 0 Å². The van der Waals surface area contributed by atoms with Gasteiger partial charge in [0.05, 0.1) is 7.11 Å². The van der Waals surface area contributed by atoms with Crippen LogP contribution in [-0.2, 0) is 9.53 Å². The minimum atomic E-state index is -0.764. The molecule has 0 saturated heterocycles. The molecule has 0 aromatic carbocycles. The van der Waals surface area contributed by atoms with E-state index in [4.69, 9.17) is 0 Å². The number of carbonyl (C=O) groups is 2. The fourth-order valence-electron chi connectivity index (χ4n) is 0.949. The number of nitrogens with one attached hydrogen (secondary N) is 1. The van der Waals surface area contributed by atoms with Crippen molar-refractivity contribution < 1.29 is 19.4 Å². The van der Waals surface area contributed by atoms with Crippen LogP contribution in [0.2, 0.25) is 0 Å². The molecule has 0 aliphatic carbocycles. The van der Waals surface area contributed by atoms with Crippen molar-refractivity contribution in [2.24, 2.45) is 0 Å². The molecule has 1 rings (SSSR count). The largest absolute Gasteiger partial charge is 0.505 e. The average molecular weight is 210 g/mol. The smallest absolute Gasteiger partial charge is 0.360 e. The Labute approximate surface area is 85.9 Å². The second-order valence-electron chi connectivity index (χ2n) is 2.74. The van der Waals surface area contributed by atoms with Gasteiger partial charge in [-0.05, 0) is 12.1 Å². The van der Waals surface area contributed by atoms with Gasteiger partial charge in [-0.15, -0.1) is 0 Å². The van der Waals surface area contributed by atoms with Crippen molar-refractivity contribution in [1.29, 1.82) is 0 Å². The Balaban J connectivity index is 3.05. The summed E-state index contributed by atoms with van der Waals surface area (Å²) in [7, 11) is 1.18. The van der Waals surface area contributed by atoms with Gasteiger partial charge in [0.25, 0.3) is 0 Å². The summed E-state index contributed by atoms with van der Waals surface area (Å²) in [5.41, 5.74) is -0.233. The minimum Gasteiger partial charge on any atom is -0.505 e. The molecule has 6 heteroatoms. The predicted molar refractivity (Wildman–Crippen MR) is 51.5 cm³/mol. The van der Waals surface area contributed by atoms with Gasteiger partial charge in [0.1, 0.15) is 11.6 Å². The molecule has 0 atom stereocenters. The molecule has 0 aliphatic rings. The number of amides is 1. The first kappa shape index (κ1) is 11.0. The van der Waals surface area contributed by atoms with Crippen molar-refractivity contribution in [1.82, 2.24) is 4.98 Å². The zero-order valence-electron chi connectivity index (χ0n) is 8.27. The summed E-state index contributed by atoms with van der Waals surface area (Å²) in [6, 6.07) is 2.63. The molecule has 1 aromatic heterocycles. The average Bonchev–Trinajstić information content (AvgIpc) is 2.19. The molecule has 0 spiro atoms. The molecule has 0 unspecified atom stereocenters. The Morgan fingerprint density at radius 3 is 2.67 bits per heavy atom. The standard InChI is InChI=1S/C9H10N2O4/c1-5(12)10-7-4-3-6(13)8(11-7)9(14)15-2/h3-4,13H,1-2H3,(H,10,11,12). The third kappa shape index (κ3) is 2.67. The van der Waals surface area contributed by atoms with Crippen molar-refractivity contribution in [3.05, 3.63) is 17.8 Å². The van der Waals surface area contributed by atoms with Crippen LogP contribution >= 0.6 is 0 Å². The number of carbonyl (C=O) groups excluding carboxylic acids is 2. The minimum absolute atomic E-state index is 0.181. The van der Waals surface area contributed by atoms with Gasteiger partial charge in [-0.1, -0.05) is 0 Å². The van der Waals surface area contributed by atoms with E-state index >= 15 is 0 Å². The van der Waals surface area contributed by atoms with Crippen molar-refractivity contribution >= 4 is 17.7 Å². The highest BCUT2D eigenvalue weighted by Crippen LogP contribution is 2.17. The van der Waals surface area contributed by atoms with E-state index in [1.165, 1.54) is 26.2 Å². The molecule has 2 N–H and O–H groups in total. The quantitative estimate of drug-likeness (QED) is 0.695. The lowest BCUT2D eigenvalue weighted by Crippen LogP contribution is -2.11. The fourth-order valence-corrected chi connectivity index (χ4v) is 0.949. The van der Waals surface area contributed by atoms with Crippen LogP contribution in [0.1, 0.15) is 17.4 Å². The van der Waals surface area contributed by atoms with E-state index in [0.717, 1.165) is 0 Å². The Kier molecular flexibility index (Phi) is 3.22. The number of aromatic nitrogens is 1. The van der Waals surface area contributed by atoms with Crippen LogP contribution in [0, 0.1) is 0 Å². The Morgan fingerprint density at radius 1 is 1.47 bits per heavy atom. The molecule has 80 valence electrons. The second kappa shape index (κ2) is 4.41. The predicted octanol–water partition coefficient (Wildman–Crippen LogP) is 0.532. The molecule has 15 heavy (non-hydrogen) atoms. The molecule has 0 radical (unpaired) electrons. The Hall–Kier alpha value is -2.11. The molecule has 0 saturated carbocycles.